The molecule has 1 aliphatic rings. The first-order valence-electron chi connectivity index (χ1n) is 10.2. The third-order valence-corrected chi connectivity index (χ3v) is 4.96. The Labute approximate surface area is 167 Å². The highest BCUT2D eigenvalue weighted by Crippen LogP contribution is 2.36. The van der Waals surface area contributed by atoms with Crippen molar-refractivity contribution in [2.45, 2.75) is 71.5 Å². The molecule has 0 aromatic heterocycles. The number of amides is 1. The Morgan fingerprint density at radius 1 is 1.32 bits per heavy atom. The molecule has 1 amide bonds. The third-order valence-electron chi connectivity index (χ3n) is 4.96. The topological polar surface area (TPSA) is 73.9 Å². The van der Waals surface area contributed by atoms with Crippen LogP contribution in [0.2, 0.25) is 0 Å². The van der Waals surface area contributed by atoms with Crippen molar-refractivity contribution in [2.24, 2.45) is 5.92 Å². The van der Waals surface area contributed by atoms with Crippen molar-refractivity contribution in [3.63, 3.8) is 0 Å². The number of anilines is 1. The average Bonchev–Trinajstić information content (AvgIpc) is 2.66. The summed E-state index contributed by atoms with van der Waals surface area (Å²) in [5.74, 6) is 0.211. The summed E-state index contributed by atoms with van der Waals surface area (Å²) in [6, 6.07) is 5.02. The van der Waals surface area contributed by atoms with Crippen LogP contribution in [0.4, 0.5) is 5.69 Å². The van der Waals surface area contributed by atoms with Gasteiger partial charge in [0.15, 0.2) is 0 Å². The molecule has 1 N–H and O–H groups in total. The maximum Gasteiger partial charge on any atom is 0.341 e. The highest BCUT2D eigenvalue weighted by Gasteiger charge is 2.42. The molecule has 0 radical (unpaired) electrons. The number of benzene rings is 1. The van der Waals surface area contributed by atoms with Gasteiger partial charge in [-0.2, -0.15) is 0 Å². The van der Waals surface area contributed by atoms with Crippen molar-refractivity contribution in [3.8, 4) is 5.75 Å². The van der Waals surface area contributed by atoms with E-state index >= 15 is 0 Å². The molecular weight excluding hydrogens is 358 g/mol. The fourth-order valence-corrected chi connectivity index (χ4v) is 3.68. The maximum atomic E-state index is 13.2. The predicted molar refractivity (Wildman–Crippen MR) is 109 cm³/mol. The zero-order chi connectivity index (χ0) is 20.7. The Hall–Kier alpha value is -2.08. The summed E-state index contributed by atoms with van der Waals surface area (Å²) in [6.45, 7) is 8.51. The smallest absolute Gasteiger partial charge is 0.341 e. The SMILES string of the molecule is CCCO[C@]1(C(=O)Nc2ccc(OC(C)C)c(C(=O)OC)c2)CCC[C@H](C)C1. The minimum absolute atomic E-state index is 0.0849. The molecule has 0 saturated heterocycles. The first-order valence-corrected chi connectivity index (χ1v) is 10.2. The first kappa shape index (κ1) is 22.2. The Balaban J connectivity index is 2.26. The molecule has 1 aromatic carbocycles. The van der Waals surface area contributed by atoms with Crippen molar-refractivity contribution < 1.29 is 23.8 Å². The summed E-state index contributed by atoms with van der Waals surface area (Å²) in [5, 5.41) is 2.95. The van der Waals surface area contributed by atoms with E-state index in [0.29, 0.717) is 36.8 Å². The Kier molecular flexibility index (Phi) is 7.87. The van der Waals surface area contributed by atoms with Crippen molar-refractivity contribution in [1.29, 1.82) is 0 Å². The molecule has 156 valence electrons. The van der Waals surface area contributed by atoms with Crippen LogP contribution < -0.4 is 10.1 Å². The normalized spacial score (nSPS) is 22.0. The second-order valence-electron chi connectivity index (χ2n) is 7.87. The minimum Gasteiger partial charge on any atom is -0.490 e. The highest BCUT2D eigenvalue weighted by molar-refractivity contribution is 5.99. The van der Waals surface area contributed by atoms with Gasteiger partial charge >= 0.3 is 5.97 Å². The molecule has 6 nitrogen and oxygen atoms in total. The summed E-state index contributed by atoms with van der Waals surface area (Å²) in [4.78, 5) is 25.3. The number of hydrogen-bond acceptors (Lipinski definition) is 5. The van der Waals surface area contributed by atoms with Crippen LogP contribution >= 0.6 is 0 Å². The predicted octanol–water partition coefficient (Wildman–Crippen LogP) is 4.57. The molecule has 0 unspecified atom stereocenters. The van der Waals surface area contributed by atoms with Crippen molar-refractivity contribution in [3.05, 3.63) is 23.8 Å². The van der Waals surface area contributed by atoms with Gasteiger partial charge in [-0.3, -0.25) is 4.79 Å². The summed E-state index contributed by atoms with van der Waals surface area (Å²) < 4.78 is 16.6. The lowest BCUT2D eigenvalue weighted by molar-refractivity contribution is -0.148. The second kappa shape index (κ2) is 9.92. The van der Waals surface area contributed by atoms with Crippen LogP contribution in [-0.2, 0) is 14.3 Å². The van der Waals surface area contributed by atoms with Gasteiger partial charge in [0, 0.05) is 12.3 Å². The van der Waals surface area contributed by atoms with Gasteiger partial charge in [0.1, 0.15) is 16.9 Å². The van der Waals surface area contributed by atoms with Crippen molar-refractivity contribution >= 4 is 17.6 Å². The molecule has 1 saturated carbocycles. The lowest BCUT2D eigenvalue weighted by Crippen LogP contribution is -2.48. The highest BCUT2D eigenvalue weighted by atomic mass is 16.5. The van der Waals surface area contributed by atoms with Crippen LogP contribution in [0.3, 0.4) is 0 Å². The van der Waals surface area contributed by atoms with Gasteiger partial charge in [0.2, 0.25) is 0 Å². The van der Waals surface area contributed by atoms with E-state index in [1.807, 2.05) is 20.8 Å². The fourth-order valence-electron chi connectivity index (χ4n) is 3.68. The van der Waals surface area contributed by atoms with Gasteiger partial charge in [-0.15, -0.1) is 0 Å². The van der Waals surface area contributed by atoms with Crippen LogP contribution in [0.15, 0.2) is 18.2 Å². The van der Waals surface area contributed by atoms with E-state index in [0.717, 1.165) is 19.3 Å². The molecule has 2 atom stereocenters. The van der Waals surface area contributed by atoms with E-state index < -0.39 is 11.6 Å². The second-order valence-corrected chi connectivity index (χ2v) is 7.87. The van der Waals surface area contributed by atoms with E-state index in [4.69, 9.17) is 14.2 Å². The number of ether oxygens (including phenoxy) is 3. The summed E-state index contributed by atoms with van der Waals surface area (Å²) in [5.41, 5.74) is 0.000368. The van der Waals surface area contributed by atoms with Crippen LogP contribution in [0.5, 0.6) is 5.75 Å². The van der Waals surface area contributed by atoms with Gasteiger partial charge in [-0.1, -0.05) is 20.3 Å². The molecule has 0 bridgehead atoms. The van der Waals surface area contributed by atoms with Gasteiger partial charge in [0.05, 0.1) is 13.2 Å². The number of carbonyl (C=O) groups is 2. The summed E-state index contributed by atoms with van der Waals surface area (Å²) in [7, 11) is 1.32. The fraction of sp³-hybridized carbons (Fsp3) is 0.636. The van der Waals surface area contributed by atoms with E-state index in [-0.39, 0.29) is 17.6 Å². The zero-order valence-corrected chi connectivity index (χ0v) is 17.7. The van der Waals surface area contributed by atoms with Crippen molar-refractivity contribution in [1.82, 2.24) is 0 Å². The monoisotopic (exact) mass is 391 g/mol. The minimum atomic E-state index is -0.813. The van der Waals surface area contributed by atoms with Gasteiger partial charge in [-0.25, -0.2) is 4.79 Å². The lowest BCUT2D eigenvalue weighted by atomic mass is 9.78. The van der Waals surface area contributed by atoms with Crippen LogP contribution in [0, 0.1) is 5.92 Å². The molecule has 1 aliphatic carbocycles. The van der Waals surface area contributed by atoms with Crippen molar-refractivity contribution in [2.75, 3.05) is 19.0 Å². The van der Waals surface area contributed by atoms with Gasteiger partial charge in [0.25, 0.3) is 5.91 Å². The Bertz CT molecular complexity index is 688. The average molecular weight is 392 g/mol. The quantitative estimate of drug-likeness (QED) is 0.657. The van der Waals surface area contributed by atoms with E-state index in [9.17, 15) is 9.59 Å². The number of nitrogens with one attached hydrogen (secondary N) is 1. The first-order chi connectivity index (χ1) is 13.3. The summed E-state index contributed by atoms with van der Waals surface area (Å²) in [6.07, 6.45) is 4.26. The summed E-state index contributed by atoms with van der Waals surface area (Å²) >= 11 is 0. The molecule has 28 heavy (non-hydrogen) atoms. The van der Waals surface area contributed by atoms with Crippen LogP contribution in [0.1, 0.15) is 70.2 Å². The van der Waals surface area contributed by atoms with E-state index in [2.05, 4.69) is 12.2 Å². The molecule has 1 fully saturated rings. The number of hydrogen-bond donors (Lipinski definition) is 1. The molecule has 2 rings (SSSR count). The standard InChI is InChI=1S/C22H33NO5/c1-6-12-27-22(11-7-8-16(4)14-22)21(25)23-17-9-10-19(28-15(2)3)18(13-17)20(24)26-5/h9-10,13,15-16H,6-8,11-12,14H2,1-5H3,(H,23,25)/t16-,22+/m0/s1. The molecule has 6 heteroatoms. The van der Waals surface area contributed by atoms with E-state index in [1.165, 1.54) is 7.11 Å². The molecule has 0 spiro atoms. The third kappa shape index (κ3) is 5.47. The maximum absolute atomic E-state index is 13.2. The number of esters is 1. The largest absolute Gasteiger partial charge is 0.490 e. The van der Waals surface area contributed by atoms with Crippen LogP contribution in [0.25, 0.3) is 0 Å². The molecule has 0 aliphatic heterocycles. The van der Waals surface area contributed by atoms with Crippen LogP contribution in [-0.4, -0.2) is 37.3 Å². The Morgan fingerprint density at radius 2 is 2.07 bits per heavy atom. The number of rotatable bonds is 8. The zero-order valence-electron chi connectivity index (χ0n) is 17.7. The molecule has 1 aromatic rings. The molecular formula is C22H33NO5. The number of methoxy groups -OCH3 is 1. The Morgan fingerprint density at radius 3 is 2.68 bits per heavy atom. The number of carbonyl (C=O) groups excluding carboxylic acids is 2. The van der Waals surface area contributed by atoms with Gasteiger partial charge < -0.3 is 19.5 Å². The van der Waals surface area contributed by atoms with Gasteiger partial charge in [-0.05, 0) is 63.6 Å². The molecule has 0 heterocycles. The van der Waals surface area contributed by atoms with E-state index in [1.54, 1.807) is 18.2 Å². The lowest BCUT2D eigenvalue weighted by Gasteiger charge is -2.38.